The van der Waals surface area contributed by atoms with Gasteiger partial charge in [-0.15, -0.1) is 0 Å². The standard InChI is InChI=1S/C19H21N/c1-4-10-17(5-2)20(18-12-7-6-8-13-18)19-14-9-11-16(3)15-19/h4-15H,1-3H3. The molecule has 0 bridgehead atoms. The first-order valence-corrected chi connectivity index (χ1v) is 6.97. The lowest BCUT2D eigenvalue weighted by molar-refractivity contribution is 1.19. The Kier molecular flexibility index (Phi) is 4.78. The molecule has 0 atom stereocenters. The summed E-state index contributed by atoms with van der Waals surface area (Å²) in [5, 5.41) is 0. The Hall–Kier alpha value is -2.28. The molecular weight excluding hydrogens is 242 g/mol. The number of hydrogen-bond acceptors (Lipinski definition) is 1. The molecule has 20 heavy (non-hydrogen) atoms. The lowest BCUT2D eigenvalue weighted by Crippen LogP contribution is -2.15. The van der Waals surface area contributed by atoms with Crippen molar-refractivity contribution in [1.29, 1.82) is 0 Å². The van der Waals surface area contributed by atoms with Crippen molar-refractivity contribution in [3.63, 3.8) is 0 Å². The Labute approximate surface area is 121 Å². The van der Waals surface area contributed by atoms with Crippen LogP contribution in [0.15, 0.2) is 78.5 Å². The van der Waals surface area contributed by atoms with E-state index in [1.807, 2.05) is 13.0 Å². The molecule has 0 aliphatic heterocycles. The molecule has 0 radical (unpaired) electrons. The topological polar surface area (TPSA) is 3.24 Å². The molecule has 0 N–H and O–H groups in total. The SMILES string of the molecule is CC=CC(=CC)N(c1ccccc1)c1cccc(C)c1. The minimum absolute atomic E-state index is 1.17. The van der Waals surface area contributed by atoms with Crippen LogP contribution in [0.4, 0.5) is 11.4 Å². The van der Waals surface area contributed by atoms with Gasteiger partial charge in [0.05, 0.1) is 0 Å². The maximum Gasteiger partial charge on any atom is 0.0464 e. The van der Waals surface area contributed by atoms with Gasteiger partial charge in [0.25, 0.3) is 0 Å². The van der Waals surface area contributed by atoms with Crippen molar-refractivity contribution in [3.8, 4) is 0 Å². The van der Waals surface area contributed by atoms with E-state index in [4.69, 9.17) is 0 Å². The summed E-state index contributed by atoms with van der Waals surface area (Å²) in [6, 6.07) is 19.0. The van der Waals surface area contributed by atoms with Crippen molar-refractivity contribution in [2.24, 2.45) is 0 Å². The number of nitrogens with zero attached hydrogens (tertiary/aromatic N) is 1. The van der Waals surface area contributed by atoms with Crippen molar-refractivity contribution in [2.45, 2.75) is 20.8 Å². The number of aryl methyl sites for hydroxylation is 1. The summed E-state index contributed by atoms with van der Waals surface area (Å²) in [6.07, 6.45) is 6.34. The quantitative estimate of drug-likeness (QED) is 0.648. The third-order valence-electron chi connectivity index (χ3n) is 3.17. The molecule has 2 aromatic carbocycles. The van der Waals surface area contributed by atoms with Crippen molar-refractivity contribution in [1.82, 2.24) is 0 Å². The normalized spacial score (nSPS) is 11.8. The van der Waals surface area contributed by atoms with E-state index in [0.29, 0.717) is 0 Å². The predicted octanol–water partition coefficient (Wildman–Crippen LogP) is 5.61. The van der Waals surface area contributed by atoms with Crippen molar-refractivity contribution in [2.75, 3.05) is 4.90 Å². The fourth-order valence-electron chi connectivity index (χ4n) is 2.26. The number of allylic oxidation sites excluding steroid dienone is 3. The smallest absolute Gasteiger partial charge is 0.0464 e. The van der Waals surface area contributed by atoms with Gasteiger partial charge in [-0.1, -0.05) is 42.5 Å². The minimum Gasteiger partial charge on any atom is -0.311 e. The van der Waals surface area contributed by atoms with Gasteiger partial charge in [0.1, 0.15) is 0 Å². The van der Waals surface area contributed by atoms with E-state index < -0.39 is 0 Å². The summed E-state index contributed by atoms with van der Waals surface area (Å²) in [4.78, 5) is 2.27. The van der Waals surface area contributed by atoms with Crippen molar-refractivity contribution >= 4 is 11.4 Å². The lowest BCUT2D eigenvalue weighted by Gasteiger charge is -2.26. The summed E-state index contributed by atoms with van der Waals surface area (Å²) in [6.45, 7) is 6.24. The molecule has 2 rings (SSSR count). The minimum atomic E-state index is 1.17. The molecule has 0 saturated carbocycles. The summed E-state index contributed by atoms with van der Waals surface area (Å²) >= 11 is 0. The van der Waals surface area contributed by atoms with Gasteiger partial charge in [-0.25, -0.2) is 0 Å². The number of rotatable bonds is 4. The monoisotopic (exact) mass is 263 g/mol. The molecule has 0 fully saturated rings. The van der Waals surface area contributed by atoms with E-state index in [0.717, 1.165) is 0 Å². The molecule has 0 unspecified atom stereocenters. The highest BCUT2D eigenvalue weighted by atomic mass is 15.1. The first kappa shape index (κ1) is 14.1. The highest BCUT2D eigenvalue weighted by Gasteiger charge is 2.11. The number of anilines is 2. The zero-order valence-electron chi connectivity index (χ0n) is 12.4. The fourth-order valence-corrected chi connectivity index (χ4v) is 2.26. The molecule has 0 amide bonds. The van der Waals surface area contributed by atoms with Gasteiger partial charge in [-0.05, 0) is 56.7 Å². The van der Waals surface area contributed by atoms with E-state index in [-0.39, 0.29) is 0 Å². The maximum atomic E-state index is 2.27. The number of benzene rings is 2. The second-order valence-electron chi connectivity index (χ2n) is 4.72. The third kappa shape index (κ3) is 3.18. The largest absolute Gasteiger partial charge is 0.311 e. The Morgan fingerprint density at radius 2 is 1.60 bits per heavy atom. The molecule has 0 heterocycles. The van der Waals surface area contributed by atoms with Gasteiger partial charge in [-0.2, -0.15) is 0 Å². The summed E-state index contributed by atoms with van der Waals surface area (Å²) < 4.78 is 0. The summed E-state index contributed by atoms with van der Waals surface area (Å²) in [5.74, 6) is 0. The van der Waals surface area contributed by atoms with Gasteiger partial charge < -0.3 is 4.90 Å². The zero-order valence-corrected chi connectivity index (χ0v) is 12.4. The molecule has 2 aromatic rings. The molecule has 1 heteroatoms. The van der Waals surface area contributed by atoms with Gasteiger partial charge in [0.2, 0.25) is 0 Å². The Balaban J connectivity index is 2.55. The van der Waals surface area contributed by atoms with Crippen LogP contribution in [0.5, 0.6) is 0 Å². The van der Waals surface area contributed by atoms with Gasteiger partial charge >= 0.3 is 0 Å². The highest BCUT2D eigenvalue weighted by Crippen LogP contribution is 2.30. The molecule has 0 spiro atoms. The molecule has 102 valence electrons. The molecule has 1 nitrogen and oxygen atoms in total. The van der Waals surface area contributed by atoms with E-state index >= 15 is 0 Å². The van der Waals surface area contributed by atoms with E-state index in [1.54, 1.807) is 0 Å². The third-order valence-corrected chi connectivity index (χ3v) is 3.17. The first-order chi connectivity index (χ1) is 9.76. The average molecular weight is 263 g/mol. The van der Waals surface area contributed by atoms with Crippen LogP contribution in [0.1, 0.15) is 19.4 Å². The maximum absolute atomic E-state index is 2.27. The molecule has 0 aromatic heterocycles. The first-order valence-electron chi connectivity index (χ1n) is 6.97. The van der Waals surface area contributed by atoms with Gasteiger partial charge in [-0.3, -0.25) is 0 Å². The van der Waals surface area contributed by atoms with Crippen LogP contribution < -0.4 is 4.90 Å². The van der Waals surface area contributed by atoms with Crippen LogP contribution in [-0.4, -0.2) is 0 Å². The van der Waals surface area contributed by atoms with Crippen LogP contribution in [0, 0.1) is 6.92 Å². The Morgan fingerprint density at radius 3 is 2.20 bits per heavy atom. The fraction of sp³-hybridized carbons (Fsp3) is 0.158. The van der Waals surface area contributed by atoms with Crippen molar-refractivity contribution in [3.05, 3.63) is 84.1 Å². The lowest BCUT2D eigenvalue weighted by atomic mass is 10.1. The number of hydrogen-bond donors (Lipinski definition) is 0. The highest BCUT2D eigenvalue weighted by molar-refractivity contribution is 5.70. The van der Waals surface area contributed by atoms with Crippen LogP contribution in [-0.2, 0) is 0 Å². The predicted molar refractivity (Wildman–Crippen MR) is 88.3 cm³/mol. The van der Waals surface area contributed by atoms with Gasteiger partial charge in [0.15, 0.2) is 0 Å². The van der Waals surface area contributed by atoms with Crippen LogP contribution in [0.25, 0.3) is 0 Å². The second kappa shape index (κ2) is 6.76. The second-order valence-corrected chi connectivity index (χ2v) is 4.72. The summed E-state index contributed by atoms with van der Waals surface area (Å²) in [7, 11) is 0. The van der Waals surface area contributed by atoms with E-state index in [1.165, 1.54) is 22.6 Å². The summed E-state index contributed by atoms with van der Waals surface area (Å²) in [5.41, 5.74) is 4.79. The van der Waals surface area contributed by atoms with Crippen LogP contribution >= 0.6 is 0 Å². The zero-order chi connectivity index (χ0) is 14.4. The van der Waals surface area contributed by atoms with Crippen LogP contribution in [0.2, 0.25) is 0 Å². The van der Waals surface area contributed by atoms with E-state index in [2.05, 4.69) is 85.5 Å². The molecule has 0 aliphatic rings. The Morgan fingerprint density at radius 1 is 0.900 bits per heavy atom. The van der Waals surface area contributed by atoms with Crippen LogP contribution in [0.3, 0.4) is 0 Å². The van der Waals surface area contributed by atoms with Crippen molar-refractivity contribution < 1.29 is 0 Å². The van der Waals surface area contributed by atoms with Gasteiger partial charge in [0, 0.05) is 17.1 Å². The number of para-hydroxylation sites is 1. The molecule has 0 saturated heterocycles. The molecular formula is C19H21N. The average Bonchev–Trinajstić information content (AvgIpc) is 2.48. The Bertz CT molecular complexity index is 609. The van der Waals surface area contributed by atoms with E-state index in [9.17, 15) is 0 Å². The molecule has 0 aliphatic carbocycles.